The second-order valence-electron chi connectivity index (χ2n) is 5.05. The molecule has 0 fully saturated rings. The number of aromatic nitrogens is 2. The average molecular weight is 311 g/mol. The molecule has 0 atom stereocenters. The molecule has 118 valence electrons. The molecule has 0 saturated heterocycles. The highest BCUT2D eigenvalue weighted by Crippen LogP contribution is 2.17. The van der Waals surface area contributed by atoms with Crippen molar-refractivity contribution in [3.8, 4) is 11.6 Å². The summed E-state index contributed by atoms with van der Waals surface area (Å²) in [5.41, 5.74) is 1.96. The molecule has 0 aliphatic heterocycles. The van der Waals surface area contributed by atoms with Crippen LogP contribution in [-0.4, -0.2) is 16.0 Å². The van der Waals surface area contributed by atoms with Crippen molar-refractivity contribution in [3.05, 3.63) is 54.1 Å². The number of furan rings is 1. The van der Waals surface area contributed by atoms with Crippen LogP contribution in [0.2, 0.25) is 0 Å². The van der Waals surface area contributed by atoms with E-state index in [1.165, 1.54) is 0 Å². The van der Waals surface area contributed by atoms with Crippen LogP contribution < -0.4 is 5.32 Å². The summed E-state index contributed by atoms with van der Waals surface area (Å²) in [4.78, 5) is 16.3. The molecule has 0 aliphatic rings. The third-order valence-corrected chi connectivity index (χ3v) is 3.45. The molecular weight excluding hydrogens is 294 g/mol. The van der Waals surface area contributed by atoms with Gasteiger partial charge in [-0.05, 0) is 30.2 Å². The maximum Gasteiger partial charge on any atom is 0.238 e. The maximum absolute atomic E-state index is 12.1. The Morgan fingerprint density at radius 1 is 1.22 bits per heavy atom. The lowest BCUT2D eigenvalue weighted by molar-refractivity contribution is -0.116. The molecular formula is C17H17N3O3. The molecule has 23 heavy (non-hydrogen) atoms. The van der Waals surface area contributed by atoms with Gasteiger partial charge in [0.25, 0.3) is 0 Å². The molecule has 6 heteroatoms. The molecule has 0 unspecified atom stereocenters. The summed E-state index contributed by atoms with van der Waals surface area (Å²) >= 11 is 0. The topological polar surface area (TPSA) is 81.2 Å². The lowest BCUT2D eigenvalue weighted by atomic mass is 10.1. The Kier molecular flexibility index (Phi) is 4.52. The van der Waals surface area contributed by atoms with Crippen molar-refractivity contribution < 1.29 is 13.7 Å². The summed E-state index contributed by atoms with van der Waals surface area (Å²) in [5, 5.41) is 6.76. The van der Waals surface area contributed by atoms with E-state index >= 15 is 0 Å². The predicted molar refractivity (Wildman–Crippen MR) is 84.8 cm³/mol. The molecule has 3 rings (SSSR count). The minimum absolute atomic E-state index is 0.0800. The molecule has 1 N–H and O–H groups in total. The molecule has 3 aromatic rings. The number of nitrogens with one attached hydrogen (secondary N) is 1. The highest BCUT2D eigenvalue weighted by atomic mass is 16.5. The zero-order chi connectivity index (χ0) is 16.1. The van der Waals surface area contributed by atoms with Crippen LogP contribution in [-0.2, 0) is 17.6 Å². The van der Waals surface area contributed by atoms with Crippen molar-refractivity contribution in [3.63, 3.8) is 0 Å². The second-order valence-corrected chi connectivity index (χ2v) is 5.05. The van der Waals surface area contributed by atoms with E-state index < -0.39 is 0 Å². The SMILES string of the molecule is CCc1ccccc1NC(=O)CCc1nc(-c2ccco2)no1. The van der Waals surface area contributed by atoms with Gasteiger partial charge in [-0.15, -0.1) is 0 Å². The standard InChI is InChI=1S/C17H17N3O3/c1-2-12-6-3-4-7-13(12)18-15(21)9-10-16-19-17(20-23-16)14-8-5-11-22-14/h3-8,11H,2,9-10H2,1H3,(H,18,21). The van der Waals surface area contributed by atoms with E-state index in [2.05, 4.69) is 22.4 Å². The number of amides is 1. The zero-order valence-electron chi connectivity index (χ0n) is 12.8. The summed E-state index contributed by atoms with van der Waals surface area (Å²) in [6.45, 7) is 2.06. The molecule has 0 radical (unpaired) electrons. The first kappa shape index (κ1) is 15.0. The van der Waals surface area contributed by atoms with Gasteiger partial charge < -0.3 is 14.3 Å². The largest absolute Gasteiger partial charge is 0.461 e. The first-order chi connectivity index (χ1) is 11.3. The minimum Gasteiger partial charge on any atom is -0.461 e. The molecule has 1 aromatic carbocycles. The first-order valence-electron chi connectivity index (χ1n) is 7.50. The first-order valence-corrected chi connectivity index (χ1v) is 7.50. The van der Waals surface area contributed by atoms with Crippen LogP contribution in [0.15, 0.2) is 51.6 Å². The van der Waals surface area contributed by atoms with Crippen molar-refractivity contribution in [2.24, 2.45) is 0 Å². The van der Waals surface area contributed by atoms with Crippen molar-refractivity contribution in [2.75, 3.05) is 5.32 Å². The van der Waals surface area contributed by atoms with Crippen LogP contribution in [0.5, 0.6) is 0 Å². The number of anilines is 1. The molecule has 0 spiro atoms. The number of aryl methyl sites for hydroxylation is 2. The van der Waals surface area contributed by atoms with Crippen LogP contribution in [0.3, 0.4) is 0 Å². The highest BCUT2D eigenvalue weighted by molar-refractivity contribution is 5.91. The van der Waals surface area contributed by atoms with E-state index in [1.807, 2.05) is 24.3 Å². The Balaban J connectivity index is 1.57. The predicted octanol–water partition coefficient (Wildman–Crippen LogP) is 3.46. The monoisotopic (exact) mass is 311 g/mol. The van der Waals surface area contributed by atoms with Gasteiger partial charge in [0.15, 0.2) is 5.76 Å². The Hall–Kier alpha value is -2.89. The third kappa shape index (κ3) is 3.66. The van der Waals surface area contributed by atoms with Gasteiger partial charge >= 0.3 is 0 Å². The fraction of sp³-hybridized carbons (Fsp3) is 0.235. The zero-order valence-corrected chi connectivity index (χ0v) is 12.8. The van der Waals surface area contributed by atoms with Crippen LogP contribution >= 0.6 is 0 Å². The number of benzene rings is 1. The second kappa shape index (κ2) is 6.91. The lowest BCUT2D eigenvalue weighted by Gasteiger charge is -2.08. The highest BCUT2D eigenvalue weighted by Gasteiger charge is 2.12. The Bertz CT molecular complexity index is 778. The number of hydrogen-bond acceptors (Lipinski definition) is 5. The van der Waals surface area contributed by atoms with Gasteiger partial charge in [0.05, 0.1) is 6.26 Å². The van der Waals surface area contributed by atoms with E-state index in [-0.39, 0.29) is 12.3 Å². The fourth-order valence-corrected chi connectivity index (χ4v) is 2.25. The Morgan fingerprint density at radius 2 is 2.09 bits per heavy atom. The smallest absolute Gasteiger partial charge is 0.238 e. The molecule has 2 heterocycles. The van der Waals surface area contributed by atoms with Gasteiger partial charge in [0, 0.05) is 18.5 Å². The molecule has 0 aliphatic carbocycles. The number of nitrogens with zero attached hydrogens (tertiary/aromatic N) is 2. The summed E-state index contributed by atoms with van der Waals surface area (Å²) < 4.78 is 10.3. The quantitative estimate of drug-likeness (QED) is 0.754. The number of para-hydroxylation sites is 1. The summed E-state index contributed by atoms with van der Waals surface area (Å²) in [7, 11) is 0. The number of hydrogen-bond donors (Lipinski definition) is 1. The minimum atomic E-state index is -0.0800. The lowest BCUT2D eigenvalue weighted by Crippen LogP contribution is -2.13. The molecule has 0 saturated carbocycles. The summed E-state index contributed by atoms with van der Waals surface area (Å²) in [6, 6.07) is 11.3. The van der Waals surface area contributed by atoms with Crippen molar-refractivity contribution in [1.29, 1.82) is 0 Å². The van der Waals surface area contributed by atoms with Crippen molar-refractivity contribution >= 4 is 11.6 Å². The van der Waals surface area contributed by atoms with Gasteiger partial charge in [-0.25, -0.2) is 0 Å². The van der Waals surface area contributed by atoms with Gasteiger partial charge in [-0.2, -0.15) is 4.98 Å². The number of carbonyl (C=O) groups excluding carboxylic acids is 1. The molecule has 2 aromatic heterocycles. The van der Waals surface area contributed by atoms with E-state index in [0.717, 1.165) is 17.7 Å². The van der Waals surface area contributed by atoms with Crippen LogP contribution in [0, 0.1) is 0 Å². The fourth-order valence-electron chi connectivity index (χ4n) is 2.25. The summed E-state index contributed by atoms with van der Waals surface area (Å²) in [6.07, 6.45) is 3.07. The maximum atomic E-state index is 12.1. The van der Waals surface area contributed by atoms with Crippen LogP contribution in [0.1, 0.15) is 24.8 Å². The normalized spacial score (nSPS) is 10.7. The summed E-state index contributed by atoms with van der Waals surface area (Å²) in [5.74, 6) is 1.27. The van der Waals surface area contributed by atoms with Crippen LogP contribution in [0.4, 0.5) is 5.69 Å². The van der Waals surface area contributed by atoms with Gasteiger partial charge in [0.1, 0.15) is 0 Å². The van der Waals surface area contributed by atoms with Gasteiger partial charge in [0.2, 0.25) is 17.6 Å². The van der Waals surface area contributed by atoms with E-state index in [9.17, 15) is 4.79 Å². The van der Waals surface area contributed by atoms with Crippen molar-refractivity contribution in [2.45, 2.75) is 26.2 Å². The van der Waals surface area contributed by atoms with Gasteiger partial charge in [-0.3, -0.25) is 4.79 Å². The van der Waals surface area contributed by atoms with Crippen molar-refractivity contribution in [1.82, 2.24) is 10.1 Å². The molecule has 6 nitrogen and oxygen atoms in total. The molecule has 1 amide bonds. The average Bonchev–Trinajstić information content (AvgIpc) is 3.24. The Labute approximate surface area is 133 Å². The number of carbonyl (C=O) groups is 1. The Morgan fingerprint density at radius 3 is 2.87 bits per heavy atom. The molecule has 0 bridgehead atoms. The number of rotatable bonds is 6. The van der Waals surface area contributed by atoms with E-state index in [4.69, 9.17) is 8.94 Å². The van der Waals surface area contributed by atoms with E-state index in [0.29, 0.717) is 23.9 Å². The van der Waals surface area contributed by atoms with Crippen LogP contribution in [0.25, 0.3) is 11.6 Å². The third-order valence-electron chi connectivity index (χ3n) is 3.45. The van der Waals surface area contributed by atoms with Gasteiger partial charge in [-0.1, -0.05) is 30.3 Å². The van der Waals surface area contributed by atoms with E-state index in [1.54, 1.807) is 18.4 Å².